The quantitative estimate of drug-likeness (QED) is 0.464. The number of quaternary nitrogens is 1. The molecule has 0 saturated carbocycles. The van der Waals surface area contributed by atoms with Crippen molar-refractivity contribution in [2.24, 2.45) is 5.92 Å². The van der Waals surface area contributed by atoms with Crippen LogP contribution >= 0.6 is 0 Å². The number of hydrogen-bond acceptors (Lipinski definition) is 3. The van der Waals surface area contributed by atoms with E-state index in [2.05, 4.69) is 7.05 Å². The lowest BCUT2D eigenvalue weighted by Crippen LogP contribution is -2.61. The van der Waals surface area contributed by atoms with Gasteiger partial charge >= 0.3 is 5.97 Å². The van der Waals surface area contributed by atoms with E-state index in [0.717, 1.165) is 11.3 Å². The molecule has 0 radical (unpaired) electrons. The molecule has 3 rings (SSSR count). The fourth-order valence-corrected chi connectivity index (χ4v) is 4.54. The number of esters is 1. The van der Waals surface area contributed by atoms with Gasteiger partial charge in [0.15, 0.2) is 0 Å². The first kappa shape index (κ1) is 18.0. The van der Waals surface area contributed by atoms with Crippen molar-refractivity contribution in [1.82, 2.24) is 0 Å². The standard InChI is InChI=1S/C21H30NO3/c1-22-14-4-3-7-20(22)18(6-5-15-22)16-25-21(23)13-10-17-8-11-19(24-2)12-9-17/h8-13,18,20H,3-7,14-16H2,1-2H3/q+1. The molecule has 2 aliphatic rings. The van der Waals surface area contributed by atoms with Gasteiger partial charge in [-0.15, -0.1) is 0 Å². The summed E-state index contributed by atoms with van der Waals surface area (Å²) < 4.78 is 11.9. The Bertz CT molecular complexity index is 606. The Morgan fingerprint density at radius 1 is 1.16 bits per heavy atom. The van der Waals surface area contributed by atoms with Crippen molar-refractivity contribution in [3.05, 3.63) is 35.9 Å². The predicted molar refractivity (Wildman–Crippen MR) is 99.3 cm³/mol. The average molecular weight is 344 g/mol. The van der Waals surface area contributed by atoms with Crippen LogP contribution in [0.2, 0.25) is 0 Å². The van der Waals surface area contributed by atoms with Gasteiger partial charge in [-0.05, 0) is 49.5 Å². The summed E-state index contributed by atoms with van der Waals surface area (Å²) in [5.74, 6) is 1.08. The van der Waals surface area contributed by atoms with Gasteiger partial charge in [0, 0.05) is 18.4 Å². The van der Waals surface area contributed by atoms with Gasteiger partial charge in [-0.25, -0.2) is 4.79 Å². The number of hydrogen-bond donors (Lipinski definition) is 0. The summed E-state index contributed by atoms with van der Waals surface area (Å²) in [6, 6.07) is 8.29. The molecular formula is C21H30NO3+. The number of rotatable bonds is 5. The fraction of sp³-hybridized carbons (Fsp3) is 0.571. The summed E-state index contributed by atoms with van der Waals surface area (Å²) in [5, 5.41) is 0. The Kier molecular flexibility index (Phi) is 5.79. The van der Waals surface area contributed by atoms with E-state index < -0.39 is 0 Å². The van der Waals surface area contributed by atoms with E-state index >= 15 is 0 Å². The van der Waals surface area contributed by atoms with Crippen LogP contribution in [0, 0.1) is 5.92 Å². The average Bonchev–Trinajstić information content (AvgIpc) is 2.64. The molecule has 1 aromatic rings. The highest BCUT2D eigenvalue weighted by atomic mass is 16.5. The second kappa shape index (κ2) is 8.05. The van der Waals surface area contributed by atoms with Crippen molar-refractivity contribution in [3.63, 3.8) is 0 Å². The molecule has 0 spiro atoms. The molecule has 2 aliphatic heterocycles. The molecule has 4 nitrogen and oxygen atoms in total. The van der Waals surface area contributed by atoms with Crippen molar-refractivity contribution in [2.75, 3.05) is 33.9 Å². The summed E-state index contributed by atoms with van der Waals surface area (Å²) in [7, 11) is 4.03. The van der Waals surface area contributed by atoms with Crippen LogP contribution in [0.5, 0.6) is 5.75 Å². The first-order chi connectivity index (χ1) is 12.1. The van der Waals surface area contributed by atoms with Crippen LogP contribution in [-0.2, 0) is 9.53 Å². The smallest absolute Gasteiger partial charge is 0.330 e. The zero-order chi connectivity index (χ0) is 17.7. The Morgan fingerprint density at radius 3 is 2.68 bits per heavy atom. The maximum atomic E-state index is 12.1. The van der Waals surface area contributed by atoms with Crippen LogP contribution in [0.15, 0.2) is 30.3 Å². The number of fused-ring (bicyclic) bond motifs is 1. The van der Waals surface area contributed by atoms with Gasteiger partial charge in [0.1, 0.15) is 12.4 Å². The Balaban J connectivity index is 1.51. The van der Waals surface area contributed by atoms with Crippen molar-refractivity contribution >= 4 is 12.0 Å². The van der Waals surface area contributed by atoms with Crippen LogP contribution in [0.3, 0.4) is 0 Å². The summed E-state index contributed by atoms with van der Waals surface area (Å²) in [6.07, 6.45) is 9.69. The summed E-state index contributed by atoms with van der Waals surface area (Å²) >= 11 is 0. The van der Waals surface area contributed by atoms with Gasteiger partial charge in [0.25, 0.3) is 0 Å². The molecule has 0 aromatic heterocycles. The molecule has 2 fully saturated rings. The second-order valence-corrected chi connectivity index (χ2v) is 7.63. The van der Waals surface area contributed by atoms with E-state index in [1.165, 1.54) is 55.8 Å². The molecule has 0 aliphatic carbocycles. The molecule has 0 bridgehead atoms. The van der Waals surface area contributed by atoms with Gasteiger partial charge in [-0.3, -0.25) is 0 Å². The maximum Gasteiger partial charge on any atom is 0.330 e. The molecule has 4 heteroatoms. The first-order valence-electron chi connectivity index (χ1n) is 9.44. The number of nitrogens with zero attached hydrogens (tertiary/aromatic N) is 1. The molecule has 0 N–H and O–H groups in total. The number of benzene rings is 1. The Morgan fingerprint density at radius 2 is 1.92 bits per heavy atom. The van der Waals surface area contributed by atoms with Crippen molar-refractivity contribution in [3.8, 4) is 5.75 Å². The molecule has 3 atom stereocenters. The molecule has 2 heterocycles. The zero-order valence-corrected chi connectivity index (χ0v) is 15.4. The minimum absolute atomic E-state index is 0.244. The molecular weight excluding hydrogens is 314 g/mol. The molecule has 1 aromatic carbocycles. The molecule has 25 heavy (non-hydrogen) atoms. The highest BCUT2D eigenvalue weighted by Gasteiger charge is 2.43. The van der Waals surface area contributed by atoms with Crippen LogP contribution in [0.25, 0.3) is 6.08 Å². The molecule has 0 amide bonds. The van der Waals surface area contributed by atoms with Crippen LogP contribution in [0.1, 0.15) is 37.7 Å². The number of carbonyl (C=O) groups is 1. The highest BCUT2D eigenvalue weighted by molar-refractivity contribution is 5.87. The lowest BCUT2D eigenvalue weighted by molar-refractivity contribution is -0.947. The lowest BCUT2D eigenvalue weighted by atomic mass is 9.82. The van der Waals surface area contributed by atoms with Crippen LogP contribution in [-0.4, -0.2) is 50.3 Å². The molecule has 3 unspecified atom stereocenters. The number of ether oxygens (including phenoxy) is 2. The van der Waals surface area contributed by atoms with Gasteiger partial charge in [-0.1, -0.05) is 12.1 Å². The zero-order valence-electron chi connectivity index (χ0n) is 15.4. The minimum atomic E-state index is -0.244. The normalized spacial score (nSPS) is 29.2. The van der Waals surface area contributed by atoms with Gasteiger partial charge in [-0.2, -0.15) is 0 Å². The Hall–Kier alpha value is -1.81. The topological polar surface area (TPSA) is 35.5 Å². The predicted octanol–water partition coefficient (Wildman–Crippen LogP) is 3.66. The Labute approximate surface area is 151 Å². The van der Waals surface area contributed by atoms with E-state index in [9.17, 15) is 4.79 Å². The number of carbonyl (C=O) groups excluding carboxylic acids is 1. The SMILES string of the molecule is COc1ccc(C=CC(=O)OCC2CCC[N+]3(C)CCCCC23)cc1. The summed E-state index contributed by atoms with van der Waals surface area (Å²) in [5.41, 5.74) is 0.965. The summed E-state index contributed by atoms with van der Waals surface area (Å²) in [4.78, 5) is 12.1. The van der Waals surface area contributed by atoms with Gasteiger partial charge in [0.2, 0.25) is 0 Å². The maximum absolute atomic E-state index is 12.1. The van der Waals surface area contributed by atoms with E-state index in [1.807, 2.05) is 24.3 Å². The molecule has 2 saturated heterocycles. The largest absolute Gasteiger partial charge is 0.497 e. The minimum Gasteiger partial charge on any atom is -0.497 e. The van der Waals surface area contributed by atoms with Gasteiger partial charge < -0.3 is 14.0 Å². The van der Waals surface area contributed by atoms with Gasteiger partial charge in [0.05, 0.1) is 33.3 Å². The number of methoxy groups -OCH3 is 1. The summed E-state index contributed by atoms with van der Waals surface area (Å²) in [6.45, 7) is 3.13. The third-order valence-corrected chi connectivity index (χ3v) is 5.97. The van der Waals surface area contributed by atoms with E-state index in [0.29, 0.717) is 18.6 Å². The van der Waals surface area contributed by atoms with Crippen molar-refractivity contribution in [2.45, 2.75) is 38.1 Å². The van der Waals surface area contributed by atoms with E-state index in [1.54, 1.807) is 13.2 Å². The van der Waals surface area contributed by atoms with Crippen molar-refractivity contribution in [1.29, 1.82) is 0 Å². The van der Waals surface area contributed by atoms with E-state index in [-0.39, 0.29) is 5.97 Å². The third-order valence-electron chi connectivity index (χ3n) is 5.97. The second-order valence-electron chi connectivity index (χ2n) is 7.63. The first-order valence-corrected chi connectivity index (χ1v) is 9.44. The van der Waals surface area contributed by atoms with Crippen molar-refractivity contribution < 1.29 is 18.8 Å². The molecule has 136 valence electrons. The van der Waals surface area contributed by atoms with E-state index in [4.69, 9.17) is 9.47 Å². The lowest BCUT2D eigenvalue weighted by Gasteiger charge is -2.51. The number of piperidine rings is 2. The highest BCUT2D eigenvalue weighted by Crippen LogP contribution is 2.36. The van der Waals surface area contributed by atoms with Crippen LogP contribution < -0.4 is 4.74 Å². The monoisotopic (exact) mass is 344 g/mol. The third kappa shape index (κ3) is 4.43. The van der Waals surface area contributed by atoms with Crippen LogP contribution in [0.4, 0.5) is 0 Å². The fourth-order valence-electron chi connectivity index (χ4n) is 4.54.